The van der Waals surface area contributed by atoms with Crippen LogP contribution in [0.15, 0.2) is 54.6 Å². The summed E-state index contributed by atoms with van der Waals surface area (Å²) in [6.45, 7) is 3.08. The molecule has 2 amide bonds. The lowest BCUT2D eigenvalue weighted by Gasteiger charge is -2.22. The Morgan fingerprint density at radius 1 is 1.03 bits per heavy atom. The second kappa shape index (κ2) is 12.0. The van der Waals surface area contributed by atoms with Gasteiger partial charge in [0.15, 0.2) is 0 Å². The number of nitrogens with zero attached hydrogens (tertiary/aromatic N) is 3. The minimum Gasteiger partial charge on any atom is -0.497 e. The van der Waals surface area contributed by atoms with Crippen LogP contribution in [-0.4, -0.2) is 47.1 Å². The Kier molecular flexibility index (Phi) is 8.74. The molecule has 0 atom stereocenters. The van der Waals surface area contributed by atoms with Gasteiger partial charge < -0.3 is 15.0 Å². The first-order valence-corrected chi connectivity index (χ1v) is 11.5. The quantitative estimate of drug-likeness (QED) is 0.466. The monoisotopic (exact) mass is 452 g/mol. The van der Waals surface area contributed by atoms with Gasteiger partial charge in [-0.2, -0.15) is 0 Å². The molecule has 32 heavy (non-hydrogen) atoms. The predicted octanol–water partition coefficient (Wildman–Crippen LogP) is 4.41. The third kappa shape index (κ3) is 6.88. The summed E-state index contributed by atoms with van der Waals surface area (Å²) in [5.41, 5.74) is 1.88. The Morgan fingerprint density at radius 2 is 1.78 bits per heavy atom. The summed E-state index contributed by atoms with van der Waals surface area (Å²) in [7, 11) is 1.61. The first-order valence-electron chi connectivity index (χ1n) is 10.7. The van der Waals surface area contributed by atoms with E-state index in [-0.39, 0.29) is 18.2 Å². The number of carbonyl (C=O) groups excluding carboxylic acids is 2. The average molecular weight is 453 g/mol. The molecule has 3 rings (SSSR count). The van der Waals surface area contributed by atoms with E-state index in [2.05, 4.69) is 22.4 Å². The zero-order valence-electron chi connectivity index (χ0n) is 18.4. The fourth-order valence-corrected chi connectivity index (χ4v) is 3.89. The van der Waals surface area contributed by atoms with Gasteiger partial charge in [0.1, 0.15) is 10.8 Å². The Bertz CT molecular complexity index is 1010. The smallest absolute Gasteiger partial charge is 0.227 e. The molecule has 1 aromatic heterocycles. The summed E-state index contributed by atoms with van der Waals surface area (Å²) in [5.74, 6) is 0.589. The van der Waals surface area contributed by atoms with Crippen molar-refractivity contribution in [1.29, 1.82) is 0 Å². The highest BCUT2D eigenvalue weighted by Crippen LogP contribution is 2.25. The molecule has 0 fully saturated rings. The SMILES string of the molecule is CCCCN(CCC(=O)Nc1nnc(-c2ccccc2)s1)C(=O)Cc1ccc(OC)cc1. The zero-order valence-corrected chi connectivity index (χ0v) is 19.2. The van der Waals surface area contributed by atoms with Gasteiger partial charge in [-0.15, -0.1) is 10.2 Å². The van der Waals surface area contributed by atoms with E-state index in [1.165, 1.54) is 11.3 Å². The maximum Gasteiger partial charge on any atom is 0.227 e. The third-order valence-electron chi connectivity index (χ3n) is 4.95. The number of carbonyl (C=O) groups is 2. The summed E-state index contributed by atoms with van der Waals surface area (Å²) >= 11 is 1.33. The summed E-state index contributed by atoms with van der Waals surface area (Å²) in [6, 6.07) is 17.2. The molecule has 168 valence electrons. The fourth-order valence-electron chi connectivity index (χ4n) is 3.13. The molecular formula is C24H28N4O3S. The summed E-state index contributed by atoms with van der Waals surface area (Å²) < 4.78 is 5.17. The molecule has 7 nitrogen and oxygen atoms in total. The zero-order chi connectivity index (χ0) is 22.8. The molecule has 3 aromatic rings. The van der Waals surface area contributed by atoms with Crippen LogP contribution in [0.1, 0.15) is 31.7 Å². The van der Waals surface area contributed by atoms with Gasteiger partial charge in [-0.1, -0.05) is 67.1 Å². The van der Waals surface area contributed by atoms with Crippen LogP contribution in [0.4, 0.5) is 5.13 Å². The molecule has 0 bridgehead atoms. The number of ether oxygens (including phenoxy) is 1. The first-order chi connectivity index (χ1) is 15.6. The van der Waals surface area contributed by atoms with Gasteiger partial charge in [0.25, 0.3) is 0 Å². The van der Waals surface area contributed by atoms with Crippen molar-refractivity contribution in [2.75, 3.05) is 25.5 Å². The van der Waals surface area contributed by atoms with Crippen molar-refractivity contribution in [3.05, 3.63) is 60.2 Å². The van der Waals surface area contributed by atoms with Crippen molar-refractivity contribution >= 4 is 28.3 Å². The van der Waals surface area contributed by atoms with E-state index in [4.69, 9.17) is 4.74 Å². The topological polar surface area (TPSA) is 84.4 Å². The number of rotatable bonds is 11. The molecule has 0 saturated carbocycles. The van der Waals surface area contributed by atoms with Crippen molar-refractivity contribution in [3.63, 3.8) is 0 Å². The van der Waals surface area contributed by atoms with Crippen LogP contribution in [0.25, 0.3) is 10.6 Å². The van der Waals surface area contributed by atoms with Crippen LogP contribution < -0.4 is 10.1 Å². The minimum absolute atomic E-state index is 0.0127. The summed E-state index contributed by atoms with van der Waals surface area (Å²) in [5, 5.41) is 12.2. The molecule has 8 heteroatoms. The van der Waals surface area contributed by atoms with Crippen molar-refractivity contribution in [1.82, 2.24) is 15.1 Å². The number of hydrogen-bond donors (Lipinski definition) is 1. The highest BCUT2D eigenvalue weighted by atomic mass is 32.1. The highest BCUT2D eigenvalue weighted by Gasteiger charge is 2.16. The number of hydrogen-bond acceptors (Lipinski definition) is 6. The maximum absolute atomic E-state index is 12.8. The Balaban J connectivity index is 1.54. The second-order valence-electron chi connectivity index (χ2n) is 7.34. The van der Waals surface area contributed by atoms with Crippen LogP contribution in [0.3, 0.4) is 0 Å². The number of anilines is 1. The van der Waals surface area contributed by atoms with Crippen LogP contribution in [0.2, 0.25) is 0 Å². The molecule has 0 aliphatic rings. The maximum atomic E-state index is 12.8. The largest absolute Gasteiger partial charge is 0.497 e. The Morgan fingerprint density at radius 3 is 2.47 bits per heavy atom. The highest BCUT2D eigenvalue weighted by molar-refractivity contribution is 7.18. The summed E-state index contributed by atoms with van der Waals surface area (Å²) in [6.07, 6.45) is 2.38. The molecule has 1 heterocycles. The number of benzene rings is 2. The lowest BCUT2D eigenvalue weighted by molar-refractivity contribution is -0.131. The van der Waals surface area contributed by atoms with Gasteiger partial charge in [0, 0.05) is 25.1 Å². The van der Waals surface area contributed by atoms with E-state index in [1.807, 2.05) is 54.6 Å². The number of nitrogens with one attached hydrogen (secondary N) is 1. The van der Waals surface area contributed by atoms with Crippen molar-refractivity contribution in [2.24, 2.45) is 0 Å². The van der Waals surface area contributed by atoms with E-state index < -0.39 is 0 Å². The Hall–Kier alpha value is -3.26. The van der Waals surface area contributed by atoms with E-state index >= 15 is 0 Å². The molecule has 0 saturated heterocycles. The molecule has 0 unspecified atom stereocenters. The normalized spacial score (nSPS) is 10.6. The van der Waals surface area contributed by atoms with Gasteiger partial charge in [-0.05, 0) is 24.1 Å². The fraction of sp³-hybridized carbons (Fsp3) is 0.333. The molecule has 0 radical (unpaired) electrons. The van der Waals surface area contributed by atoms with E-state index in [1.54, 1.807) is 12.0 Å². The van der Waals surface area contributed by atoms with Crippen LogP contribution >= 0.6 is 11.3 Å². The average Bonchev–Trinajstić information content (AvgIpc) is 3.28. The van der Waals surface area contributed by atoms with E-state index in [0.29, 0.717) is 24.6 Å². The van der Waals surface area contributed by atoms with Crippen molar-refractivity contribution in [3.8, 4) is 16.3 Å². The van der Waals surface area contributed by atoms with Gasteiger partial charge in [-0.3, -0.25) is 9.59 Å². The predicted molar refractivity (Wildman–Crippen MR) is 127 cm³/mol. The number of aromatic nitrogens is 2. The van der Waals surface area contributed by atoms with E-state index in [0.717, 1.165) is 34.7 Å². The minimum atomic E-state index is -0.181. The molecule has 0 spiro atoms. The van der Waals surface area contributed by atoms with Crippen LogP contribution in [0.5, 0.6) is 5.75 Å². The van der Waals surface area contributed by atoms with Crippen LogP contribution in [0, 0.1) is 0 Å². The van der Waals surface area contributed by atoms with Crippen molar-refractivity contribution < 1.29 is 14.3 Å². The van der Waals surface area contributed by atoms with Crippen LogP contribution in [-0.2, 0) is 16.0 Å². The third-order valence-corrected chi connectivity index (χ3v) is 5.84. The van der Waals surface area contributed by atoms with Crippen molar-refractivity contribution in [2.45, 2.75) is 32.6 Å². The molecule has 1 N–H and O–H groups in total. The Labute approximate surface area is 192 Å². The lowest BCUT2D eigenvalue weighted by Crippen LogP contribution is -2.35. The van der Waals surface area contributed by atoms with E-state index in [9.17, 15) is 9.59 Å². The summed E-state index contributed by atoms with van der Waals surface area (Å²) in [4.78, 5) is 27.1. The lowest BCUT2D eigenvalue weighted by atomic mass is 10.1. The molecule has 2 aromatic carbocycles. The number of unbranched alkanes of at least 4 members (excludes halogenated alkanes) is 1. The van der Waals surface area contributed by atoms with Gasteiger partial charge >= 0.3 is 0 Å². The standard InChI is InChI=1S/C24H28N4O3S/c1-3-4-15-28(22(30)17-18-10-12-20(31-2)13-11-18)16-14-21(29)25-24-27-26-23(32-24)19-8-6-5-7-9-19/h5-13H,3-4,14-17H2,1-2H3,(H,25,27,29). The van der Waals surface area contributed by atoms with Gasteiger partial charge in [0.2, 0.25) is 16.9 Å². The second-order valence-corrected chi connectivity index (χ2v) is 8.31. The molecule has 0 aliphatic heterocycles. The molecular weight excluding hydrogens is 424 g/mol. The number of amides is 2. The van der Waals surface area contributed by atoms with Gasteiger partial charge in [-0.25, -0.2) is 0 Å². The van der Waals surface area contributed by atoms with Gasteiger partial charge in [0.05, 0.1) is 13.5 Å². The first kappa shape index (κ1) is 23.4. The molecule has 0 aliphatic carbocycles. The number of methoxy groups -OCH3 is 1.